The molecule has 0 aliphatic carbocycles. The fourth-order valence-corrected chi connectivity index (χ4v) is 6.31. The molecule has 5 atom stereocenters. The second-order valence-corrected chi connectivity index (χ2v) is 11.3. The van der Waals surface area contributed by atoms with Gasteiger partial charge >= 0.3 is 0 Å². The van der Waals surface area contributed by atoms with Crippen molar-refractivity contribution in [2.75, 3.05) is 0 Å². The van der Waals surface area contributed by atoms with Crippen molar-refractivity contribution in [3.05, 3.63) is 65.0 Å². The quantitative estimate of drug-likeness (QED) is 0.301. The summed E-state index contributed by atoms with van der Waals surface area (Å²) in [5.41, 5.74) is 12.5. The van der Waals surface area contributed by atoms with Crippen molar-refractivity contribution < 1.29 is 35.4 Å². The molecule has 8 nitrogen and oxygen atoms in total. The van der Waals surface area contributed by atoms with Crippen molar-refractivity contribution in [3.8, 4) is 0 Å². The van der Waals surface area contributed by atoms with E-state index in [-0.39, 0.29) is 34.9 Å². The first-order valence-corrected chi connectivity index (χ1v) is 13.3. The van der Waals surface area contributed by atoms with Gasteiger partial charge in [-0.3, -0.25) is 9.59 Å². The molecule has 0 aromatic heterocycles. The van der Waals surface area contributed by atoms with Gasteiger partial charge in [0.15, 0.2) is 11.6 Å². The highest BCUT2D eigenvalue weighted by molar-refractivity contribution is 7.86. The van der Waals surface area contributed by atoms with Crippen LogP contribution in [0.5, 0.6) is 0 Å². The van der Waals surface area contributed by atoms with Crippen LogP contribution in [0.1, 0.15) is 36.8 Å². The fraction of sp³-hybridized carbons (Fsp3) is 0.440. The molecule has 0 spiro atoms. The lowest BCUT2D eigenvalue weighted by Crippen LogP contribution is -2.56. The van der Waals surface area contributed by atoms with Gasteiger partial charge in [-0.15, -0.1) is 0 Å². The Balaban J connectivity index is 1.47. The van der Waals surface area contributed by atoms with Crippen molar-refractivity contribution in [2.24, 2.45) is 17.4 Å². The van der Waals surface area contributed by atoms with E-state index in [1.807, 2.05) is 0 Å². The first-order chi connectivity index (χ1) is 17.4. The number of rotatable bonds is 8. The maximum atomic E-state index is 14.1. The molecular formula is C25H28F3N3O5S. The van der Waals surface area contributed by atoms with Gasteiger partial charge in [0.25, 0.3) is 21.9 Å². The lowest BCUT2D eigenvalue weighted by Gasteiger charge is -2.41. The van der Waals surface area contributed by atoms with Crippen LogP contribution >= 0.6 is 0 Å². The predicted octanol–water partition coefficient (Wildman–Crippen LogP) is 2.31. The summed E-state index contributed by atoms with van der Waals surface area (Å²) in [4.78, 5) is 26.7. The number of hydrogen-bond acceptors (Lipinski definition) is 6. The predicted molar refractivity (Wildman–Crippen MR) is 127 cm³/mol. The average Bonchev–Trinajstić information content (AvgIpc) is 3.09. The molecule has 2 aromatic carbocycles. The highest BCUT2D eigenvalue weighted by atomic mass is 32.2. The van der Waals surface area contributed by atoms with Gasteiger partial charge < -0.3 is 16.4 Å². The van der Waals surface area contributed by atoms with E-state index in [1.165, 1.54) is 17.0 Å². The lowest BCUT2D eigenvalue weighted by molar-refractivity contribution is -0.149. The smallest absolute Gasteiger partial charge is 0.298 e. The van der Waals surface area contributed by atoms with Gasteiger partial charge in [-0.05, 0) is 68.7 Å². The number of amides is 2. The molecule has 200 valence electrons. The van der Waals surface area contributed by atoms with E-state index in [4.69, 9.17) is 15.7 Å². The number of fused-ring (bicyclic) bond motifs is 2. The second-order valence-electron chi connectivity index (χ2n) is 9.73. The molecule has 0 saturated carbocycles. The Morgan fingerprint density at radius 1 is 1.03 bits per heavy atom. The molecule has 2 aliphatic heterocycles. The Hall–Kier alpha value is -2.96. The molecule has 2 heterocycles. The fourth-order valence-electron chi connectivity index (χ4n) is 5.30. The number of halogens is 3. The zero-order valence-electron chi connectivity index (χ0n) is 20.1. The summed E-state index contributed by atoms with van der Waals surface area (Å²) in [7, 11) is -4.45. The summed E-state index contributed by atoms with van der Waals surface area (Å²) < 4.78 is 71.4. The topological polar surface area (TPSA) is 133 Å². The van der Waals surface area contributed by atoms with Crippen molar-refractivity contribution in [2.45, 2.75) is 68.2 Å². The molecule has 3 unspecified atom stereocenters. The lowest BCUT2D eigenvalue weighted by atomic mass is 9.82. The Morgan fingerprint density at radius 2 is 1.59 bits per heavy atom. The van der Waals surface area contributed by atoms with Crippen molar-refractivity contribution in [3.63, 3.8) is 0 Å². The zero-order valence-corrected chi connectivity index (χ0v) is 20.9. The molecule has 2 amide bonds. The molecule has 2 fully saturated rings. The molecule has 12 heteroatoms. The van der Waals surface area contributed by atoms with Gasteiger partial charge in [0.1, 0.15) is 5.82 Å². The van der Waals surface area contributed by atoms with E-state index in [9.17, 15) is 31.2 Å². The van der Waals surface area contributed by atoms with Crippen LogP contribution in [0.15, 0.2) is 41.3 Å². The van der Waals surface area contributed by atoms with Gasteiger partial charge in [-0.2, -0.15) is 8.42 Å². The summed E-state index contributed by atoms with van der Waals surface area (Å²) in [6.45, 7) is 1.77. The third-order valence-corrected chi connectivity index (χ3v) is 8.49. The van der Waals surface area contributed by atoms with Crippen LogP contribution in [-0.2, 0) is 30.3 Å². The Bertz CT molecular complexity index is 1290. The third kappa shape index (κ3) is 5.65. The average molecular weight is 540 g/mol. The largest absolute Gasteiger partial charge is 0.367 e. The third-order valence-electron chi connectivity index (χ3n) is 7.19. The Morgan fingerprint density at radius 3 is 2.16 bits per heavy atom. The second kappa shape index (κ2) is 10.4. The van der Waals surface area contributed by atoms with Crippen LogP contribution in [0.2, 0.25) is 0 Å². The van der Waals surface area contributed by atoms with Crippen molar-refractivity contribution in [1.29, 1.82) is 0 Å². The monoisotopic (exact) mass is 539 g/mol. The van der Waals surface area contributed by atoms with E-state index in [2.05, 4.69) is 0 Å². The molecule has 2 aromatic rings. The molecule has 4 rings (SSSR count). The number of nitrogens with two attached hydrogens (primary N) is 2. The van der Waals surface area contributed by atoms with Crippen molar-refractivity contribution in [1.82, 2.24) is 4.90 Å². The van der Waals surface area contributed by atoms with Crippen LogP contribution in [0, 0.1) is 30.3 Å². The van der Waals surface area contributed by atoms with E-state index < -0.39 is 51.5 Å². The molecular weight excluding hydrogens is 511 g/mol. The van der Waals surface area contributed by atoms with Gasteiger partial charge in [0, 0.05) is 24.2 Å². The number of carbonyl (C=O) groups is 2. The molecule has 2 bridgehead atoms. The molecule has 2 aliphatic rings. The minimum atomic E-state index is -4.45. The van der Waals surface area contributed by atoms with E-state index >= 15 is 0 Å². The van der Waals surface area contributed by atoms with E-state index in [1.54, 1.807) is 19.1 Å². The van der Waals surface area contributed by atoms with Crippen LogP contribution < -0.4 is 11.5 Å². The van der Waals surface area contributed by atoms with Crippen LogP contribution in [0.25, 0.3) is 0 Å². The number of nitrogens with zero attached hydrogens (tertiary/aromatic N) is 1. The minimum Gasteiger partial charge on any atom is -0.367 e. The van der Waals surface area contributed by atoms with E-state index in [0.29, 0.717) is 31.7 Å². The summed E-state index contributed by atoms with van der Waals surface area (Å²) in [5, 5.41) is 0. The first kappa shape index (κ1) is 27.1. The number of primary amides is 1. The molecule has 2 saturated heterocycles. The van der Waals surface area contributed by atoms with Crippen LogP contribution in [0.4, 0.5) is 13.2 Å². The maximum absolute atomic E-state index is 14.1. The maximum Gasteiger partial charge on any atom is 0.298 e. The Kier molecular flexibility index (Phi) is 7.63. The number of hydrogen-bond donors (Lipinski definition) is 2. The standard InChI is InChI=1S/C25H28F3N3O5S/c1-13-2-6-18(7-3-13)37(34,35)36-23(24(30)32)25(33)31-16-4-5-17(31)9-15(8-16)22(29)11-14-10-20(27)21(28)12-19(14)26/h2-3,6-7,10,12,15-17,22-23H,4-5,8-9,11,29H2,1H3,(H2,30,32)/t15?,16-,17?,22+,23?/m0/s1. The molecule has 0 radical (unpaired) electrons. The zero-order chi connectivity index (χ0) is 27.1. The van der Waals surface area contributed by atoms with Gasteiger partial charge in [-0.25, -0.2) is 17.4 Å². The van der Waals surface area contributed by atoms with Crippen LogP contribution in [-0.4, -0.2) is 49.4 Å². The molecule has 4 N–H and O–H groups in total. The number of benzene rings is 2. The minimum absolute atomic E-state index is 0.0249. The van der Waals surface area contributed by atoms with E-state index in [0.717, 1.165) is 11.6 Å². The highest BCUT2D eigenvalue weighted by Gasteiger charge is 2.48. The molecule has 37 heavy (non-hydrogen) atoms. The first-order valence-electron chi connectivity index (χ1n) is 11.9. The van der Waals surface area contributed by atoms with Gasteiger partial charge in [-0.1, -0.05) is 17.7 Å². The Labute approximate surface area is 212 Å². The number of piperidine rings is 1. The van der Waals surface area contributed by atoms with Crippen LogP contribution in [0.3, 0.4) is 0 Å². The normalized spacial score (nSPS) is 23.1. The van der Waals surface area contributed by atoms with Crippen molar-refractivity contribution >= 4 is 21.9 Å². The SMILES string of the molecule is Cc1ccc(S(=O)(=O)OC(C(N)=O)C(=O)N2C3CC[C@H]2CC([C@H](N)Cc2cc(F)c(F)cc2F)C3)cc1. The number of aryl methyl sites for hydroxylation is 1. The summed E-state index contributed by atoms with van der Waals surface area (Å²) in [6.07, 6.45) is -0.0560. The number of carbonyl (C=O) groups excluding carboxylic acids is 2. The highest BCUT2D eigenvalue weighted by Crippen LogP contribution is 2.41. The van der Waals surface area contributed by atoms with Gasteiger partial charge in [0.05, 0.1) is 4.90 Å². The summed E-state index contributed by atoms with van der Waals surface area (Å²) in [6, 6.07) is 5.69. The summed E-state index contributed by atoms with van der Waals surface area (Å²) >= 11 is 0. The van der Waals surface area contributed by atoms with Gasteiger partial charge in [0.2, 0.25) is 6.10 Å². The summed E-state index contributed by atoms with van der Waals surface area (Å²) in [5.74, 6) is -5.57.